The summed E-state index contributed by atoms with van der Waals surface area (Å²) in [6.07, 6.45) is 15.8. The van der Waals surface area contributed by atoms with Gasteiger partial charge in [-0.25, -0.2) is 0 Å². The van der Waals surface area contributed by atoms with Gasteiger partial charge in [-0.3, -0.25) is 0 Å². The van der Waals surface area contributed by atoms with Gasteiger partial charge in [0.1, 0.15) is 5.41 Å². The fourth-order valence-corrected chi connectivity index (χ4v) is 4.83. The molecule has 0 saturated carbocycles. The van der Waals surface area contributed by atoms with Crippen LogP contribution < -0.4 is 0 Å². The zero-order valence-electron chi connectivity index (χ0n) is 22.9. The number of quaternary nitrogens is 2. The third kappa shape index (κ3) is 20.2. The number of nitrogens with zero attached hydrogens (tertiary/aromatic N) is 2. The minimum absolute atomic E-state index is 0.0565. The largest absolute Gasteiger partial charge is 0.380 e. The lowest BCUT2D eigenvalue weighted by molar-refractivity contribution is -0.903. The van der Waals surface area contributed by atoms with Gasteiger partial charge in [0.25, 0.3) is 0 Å². The minimum atomic E-state index is 0.0565. The quantitative estimate of drug-likeness (QED) is 0.147. The standard InChI is InChI=1S/C27H60N2O2/c1-9-11-13-15-17-19-21-30-25-27(23-28(3,4)5,24-29(6,7)8)26-31-22-20-18-16-14-12-10-2/h9-26H2,1-8H3/q+2. The summed E-state index contributed by atoms with van der Waals surface area (Å²) >= 11 is 0. The molecule has 31 heavy (non-hydrogen) atoms. The predicted molar refractivity (Wildman–Crippen MR) is 137 cm³/mol. The van der Waals surface area contributed by atoms with Gasteiger partial charge in [0.05, 0.1) is 68.6 Å². The molecular weight excluding hydrogens is 384 g/mol. The molecule has 4 heteroatoms. The van der Waals surface area contributed by atoms with Crippen LogP contribution in [0.2, 0.25) is 0 Å². The Kier molecular flexibility index (Phi) is 17.2. The minimum Gasteiger partial charge on any atom is -0.380 e. The van der Waals surface area contributed by atoms with Crippen molar-refractivity contribution in [3.05, 3.63) is 0 Å². The number of ether oxygens (including phenoxy) is 2. The zero-order chi connectivity index (χ0) is 23.6. The van der Waals surface area contributed by atoms with Gasteiger partial charge >= 0.3 is 0 Å². The van der Waals surface area contributed by atoms with Crippen molar-refractivity contribution in [1.29, 1.82) is 0 Å². The molecule has 0 saturated heterocycles. The van der Waals surface area contributed by atoms with Crippen LogP contribution >= 0.6 is 0 Å². The monoisotopic (exact) mass is 444 g/mol. The van der Waals surface area contributed by atoms with Gasteiger partial charge in [-0.05, 0) is 12.8 Å². The second-order valence-corrected chi connectivity index (χ2v) is 12.0. The van der Waals surface area contributed by atoms with E-state index in [1.54, 1.807) is 0 Å². The Balaban J connectivity index is 4.68. The molecule has 0 unspecified atom stereocenters. The summed E-state index contributed by atoms with van der Waals surface area (Å²) in [7, 11) is 13.8. The lowest BCUT2D eigenvalue weighted by atomic mass is 9.87. The fraction of sp³-hybridized carbons (Fsp3) is 1.00. The van der Waals surface area contributed by atoms with Gasteiger partial charge in [0.2, 0.25) is 0 Å². The Bertz CT molecular complexity index is 361. The van der Waals surface area contributed by atoms with Crippen LogP contribution in [0, 0.1) is 5.41 Å². The molecule has 0 heterocycles. The van der Waals surface area contributed by atoms with E-state index in [1.165, 1.54) is 77.0 Å². The van der Waals surface area contributed by atoms with Gasteiger partial charge in [0.15, 0.2) is 0 Å². The molecule has 0 spiro atoms. The molecule has 0 aromatic carbocycles. The Hall–Kier alpha value is -0.160. The van der Waals surface area contributed by atoms with Crippen LogP contribution in [-0.2, 0) is 9.47 Å². The van der Waals surface area contributed by atoms with Crippen LogP contribution in [0.25, 0.3) is 0 Å². The topological polar surface area (TPSA) is 18.5 Å². The van der Waals surface area contributed by atoms with E-state index in [-0.39, 0.29) is 5.41 Å². The Morgan fingerprint density at radius 1 is 0.484 bits per heavy atom. The molecule has 0 atom stereocenters. The lowest BCUT2D eigenvalue weighted by Crippen LogP contribution is -2.57. The van der Waals surface area contributed by atoms with Crippen molar-refractivity contribution in [1.82, 2.24) is 0 Å². The fourth-order valence-electron chi connectivity index (χ4n) is 4.83. The highest BCUT2D eigenvalue weighted by Crippen LogP contribution is 2.26. The smallest absolute Gasteiger partial charge is 0.115 e. The predicted octanol–water partition coefficient (Wildman–Crippen LogP) is 6.14. The maximum absolute atomic E-state index is 6.32. The van der Waals surface area contributed by atoms with Crippen molar-refractivity contribution in [3.8, 4) is 0 Å². The first-order valence-electron chi connectivity index (χ1n) is 13.3. The van der Waals surface area contributed by atoms with E-state index in [0.717, 1.165) is 48.5 Å². The Labute approximate surface area is 196 Å². The van der Waals surface area contributed by atoms with Crippen LogP contribution in [0.5, 0.6) is 0 Å². The third-order valence-corrected chi connectivity index (χ3v) is 5.72. The van der Waals surface area contributed by atoms with Crippen molar-refractivity contribution >= 4 is 0 Å². The first kappa shape index (κ1) is 30.8. The number of hydrogen-bond acceptors (Lipinski definition) is 2. The lowest BCUT2D eigenvalue weighted by Gasteiger charge is -2.42. The van der Waals surface area contributed by atoms with Gasteiger partial charge in [0, 0.05) is 13.2 Å². The number of unbranched alkanes of at least 4 members (excludes halogenated alkanes) is 10. The molecule has 0 bridgehead atoms. The maximum Gasteiger partial charge on any atom is 0.115 e. The van der Waals surface area contributed by atoms with E-state index in [0.29, 0.717) is 0 Å². The van der Waals surface area contributed by atoms with Crippen LogP contribution in [0.4, 0.5) is 0 Å². The first-order chi connectivity index (χ1) is 14.5. The molecule has 0 rings (SSSR count). The maximum atomic E-state index is 6.32. The summed E-state index contributed by atoms with van der Waals surface area (Å²) in [4.78, 5) is 0. The van der Waals surface area contributed by atoms with Crippen molar-refractivity contribution in [2.75, 3.05) is 81.8 Å². The molecule has 0 aliphatic carbocycles. The molecule has 0 aromatic rings. The van der Waals surface area contributed by atoms with E-state index in [9.17, 15) is 0 Å². The average Bonchev–Trinajstić information content (AvgIpc) is 2.63. The molecule has 0 aliphatic rings. The van der Waals surface area contributed by atoms with Gasteiger partial charge in [-0.1, -0.05) is 78.1 Å². The van der Waals surface area contributed by atoms with Crippen LogP contribution in [0.15, 0.2) is 0 Å². The molecule has 0 fully saturated rings. The van der Waals surface area contributed by atoms with Crippen LogP contribution in [-0.4, -0.2) is 90.8 Å². The van der Waals surface area contributed by atoms with Gasteiger partial charge in [-0.15, -0.1) is 0 Å². The third-order valence-electron chi connectivity index (χ3n) is 5.72. The van der Waals surface area contributed by atoms with Crippen LogP contribution in [0.1, 0.15) is 90.9 Å². The zero-order valence-corrected chi connectivity index (χ0v) is 22.9. The molecule has 4 nitrogen and oxygen atoms in total. The molecule has 0 N–H and O–H groups in total. The summed E-state index contributed by atoms with van der Waals surface area (Å²) < 4.78 is 14.5. The van der Waals surface area contributed by atoms with Gasteiger partial charge < -0.3 is 18.4 Å². The van der Waals surface area contributed by atoms with Crippen LogP contribution in [0.3, 0.4) is 0 Å². The van der Waals surface area contributed by atoms with Crippen molar-refractivity contribution < 1.29 is 18.4 Å². The highest BCUT2D eigenvalue weighted by Gasteiger charge is 2.41. The molecular formula is C27H60N2O2+2. The second-order valence-electron chi connectivity index (χ2n) is 12.0. The van der Waals surface area contributed by atoms with E-state index >= 15 is 0 Å². The number of rotatable bonds is 22. The summed E-state index contributed by atoms with van der Waals surface area (Å²) in [6.45, 7) is 10.1. The molecule has 0 aliphatic heterocycles. The van der Waals surface area contributed by atoms with Crippen molar-refractivity contribution in [2.45, 2.75) is 90.9 Å². The van der Waals surface area contributed by atoms with Crippen molar-refractivity contribution in [2.24, 2.45) is 5.41 Å². The molecule has 0 radical (unpaired) electrons. The van der Waals surface area contributed by atoms with Gasteiger partial charge in [-0.2, -0.15) is 0 Å². The molecule has 188 valence electrons. The highest BCUT2D eigenvalue weighted by molar-refractivity contribution is 4.79. The number of hydrogen-bond donors (Lipinski definition) is 0. The van der Waals surface area contributed by atoms with Crippen molar-refractivity contribution in [3.63, 3.8) is 0 Å². The highest BCUT2D eigenvalue weighted by atomic mass is 16.5. The first-order valence-corrected chi connectivity index (χ1v) is 13.3. The summed E-state index contributed by atoms with van der Waals surface area (Å²) in [6, 6.07) is 0. The summed E-state index contributed by atoms with van der Waals surface area (Å²) in [5.74, 6) is 0. The second kappa shape index (κ2) is 17.3. The Morgan fingerprint density at radius 2 is 0.806 bits per heavy atom. The van der Waals surface area contributed by atoms with E-state index < -0.39 is 0 Å². The normalized spacial score (nSPS) is 13.2. The van der Waals surface area contributed by atoms with E-state index in [1.807, 2.05) is 0 Å². The van der Waals surface area contributed by atoms with E-state index in [2.05, 4.69) is 56.1 Å². The Morgan fingerprint density at radius 3 is 1.13 bits per heavy atom. The molecule has 0 amide bonds. The summed E-state index contributed by atoms with van der Waals surface area (Å²) in [5.41, 5.74) is 0.0565. The van der Waals surface area contributed by atoms with E-state index in [4.69, 9.17) is 9.47 Å². The average molecular weight is 445 g/mol. The molecule has 0 aromatic heterocycles. The summed E-state index contributed by atoms with van der Waals surface area (Å²) in [5, 5.41) is 0. The SMILES string of the molecule is CCCCCCCCOCC(COCCCCCCCC)(C[N+](C)(C)C)C[N+](C)(C)C.